The lowest BCUT2D eigenvalue weighted by molar-refractivity contribution is 0.0729. The number of carbonyl (C=O) groups excluding carboxylic acids is 1. The number of H-pyrrole nitrogens is 1. The molecule has 4 rings (SSSR count). The number of ether oxygens (including phenoxy) is 1. The minimum absolute atomic E-state index is 0.116. The molecular formula is C28H28N2O3. The first-order valence-corrected chi connectivity index (χ1v) is 11.0. The van der Waals surface area contributed by atoms with Crippen LogP contribution in [0.1, 0.15) is 38.2 Å². The van der Waals surface area contributed by atoms with Crippen molar-refractivity contribution in [2.75, 3.05) is 7.11 Å². The summed E-state index contributed by atoms with van der Waals surface area (Å²) in [5, 5.41) is 0.967. The van der Waals surface area contributed by atoms with Crippen molar-refractivity contribution in [3.63, 3.8) is 0 Å². The van der Waals surface area contributed by atoms with Crippen molar-refractivity contribution in [2.45, 2.75) is 33.9 Å². The Morgan fingerprint density at radius 3 is 2.36 bits per heavy atom. The summed E-state index contributed by atoms with van der Waals surface area (Å²) in [4.78, 5) is 31.2. The number of pyridine rings is 1. The summed E-state index contributed by atoms with van der Waals surface area (Å²) < 4.78 is 5.25. The zero-order valence-corrected chi connectivity index (χ0v) is 19.4. The van der Waals surface area contributed by atoms with E-state index in [0.717, 1.165) is 38.9 Å². The van der Waals surface area contributed by atoms with Gasteiger partial charge in [-0.15, -0.1) is 0 Å². The zero-order chi connectivity index (χ0) is 23.5. The molecule has 4 aromatic rings. The van der Waals surface area contributed by atoms with Crippen molar-refractivity contribution in [1.82, 2.24) is 9.88 Å². The van der Waals surface area contributed by atoms with Crippen LogP contribution in [0, 0.1) is 20.8 Å². The molecule has 5 nitrogen and oxygen atoms in total. The number of amides is 1. The molecular weight excluding hydrogens is 412 g/mol. The van der Waals surface area contributed by atoms with E-state index < -0.39 is 0 Å². The Morgan fingerprint density at radius 2 is 1.67 bits per heavy atom. The van der Waals surface area contributed by atoms with E-state index in [4.69, 9.17) is 4.74 Å². The molecule has 0 saturated heterocycles. The minimum atomic E-state index is -0.175. The van der Waals surface area contributed by atoms with E-state index in [1.54, 1.807) is 12.0 Å². The fraction of sp³-hybridized carbons (Fsp3) is 0.214. The lowest BCUT2D eigenvalue weighted by atomic mass is 10.0. The van der Waals surface area contributed by atoms with Gasteiger partial charge in [-0.05, 0) is 73.7 Å². The first-order chi connectivity index (χ1) is 15.8. The molecule has 0 atom stereocenters. The molecule has 0 bridgehead atoms. The monoisotopic (exact) mass is 440 g/mol. The van der Waals surface area contributed by atoms with Gasteiger partial charge in [-0.2, -0.15) is 0 Å². The van der Waals surface area contributed by atoms with E-state index in [0.29, 0.717) is 17.7 Å². The van der Waals surface area contributed by atoms with Gasteiger partial charge >= 0.3 is 0 Å². The van der Waals surface area contributed by atoms with Crippen molar-refractivity contribution in [1.29, 1.82) is 0 Å². The lowest BCUT2D eigenvalue weighted by Gasteiger charge is -2.23. The second-order valence-corrected chi connectivity index (χ2v) is 8.55. The van der Waals surface area contributed by atoms with Crippen LogP contribution in [0.5, 0.6) is 5.75 Å². The van der Waals surface area contributed by atoms with Gasteiger partial charge in [0.25, 0.3) is 11.5 Å². The van der Waals surface area contributed by atoms with Crippen molar-refractivity contribution in [3.05, 3.63) is 110 Å². The van der Waals surface area contributed by atoms with Crippen LogP contribution in [-0.4, -0.2) is 22.9 Å². The fourth-order valence-corrected chi connectivity index (χ4v) is 4.17. The van der Waals surface area contributed by atoms with Gasteiger partial charge in [0.2, 0.25) is 0 Å². The molecule has 1 N–H and O–H groups in total. The second kappa shape index (κ2) is 9.33. The Labute approximate surface area is 193 Å². The fourth-order valence-electron chi connectivity index (χ4n) is 4.17. The van der Waals surface area contributed by atoms with Gasteiger partial charge < -0.3 is 14.6 Å². The van der Waals surface area contributed by atoms with Crippen molar-refractivity contribution in [2.24, 2.45) is 0 Å². The molecule has 0 aliphatic rings. The third-order valence-corrected chi connectivity index (χ3v) is 5.82. The number of rotatable bonds is 6. The minimum Gasteiger partial charge on any atom is -0.497 e. The second-order valence-electron chi connectivity index (χ2n) is 8.55. The Balaban J connectivity index is 1.73. The van der Waals surface area contributed by atoms with Gasteiger partial charge in [0.1, 0.15) is 5.75 Å². The van der Waals surface area contributed by atoms with Crippen LogP contribution in [0.2, 0.25) is 0 Å². The molecule has 3 aromatic carbocycles. The molecule has 5 heteroatoms. The quantitative estimate of drug-likeness (QED) is 0.442. The van der Waals surface area contributed by atoms with Gasteiger partial charge in [-0.3, -0.25) is 9.59 Å². The Morgan fingerprint density at radius 1 is 0.909 bits per heavy atom. The largest absolute Gasteiger partial charge is 0.497 e. The van der Waals surface area contributed by atoms with Gasteiger partial charge in [0.15, 0.2) is 0 Å². The molecule has 33 heavy (non-hydrogen) atoms. The van der Waals surface area contributed by atoms with Crippen LogP contribution >= 0.6 is 0 Å². The number of carbonyl (C=O) groups is 1. The molecule has 0 fully saturated rings. The number of nitrogens with zero attached hydrogens (tertiary/aromatic N) is 1. The smallest absolute Gasteiger partial charge is 0.254 e. The number of benzene rings is 3. The molecule has 0 aliphatic carbocycles. The summed E-state index contributed by atoms with van der Waals surface area (Å²) in [5.41, 5.74) is 5.95. The Hall–Kier alpha value is -3.86. The molecule has 168 valence electrons. The summed E-state index contributed by atoms with van der Waals surface area (Å²) in [5.74, 6) is 0.640. The predicted octanol–water partition coefficient (Wildman–Crippen LogP) is 5.30. The molecule has 1 heterocycles. The van der Waals surface area contributed by atoms with Gasteiger partial charge in [-0.1, -0.05) is 41.5 Å². The average Bonchev–Trinajstić information content (AvgIpc) is 2.79. The summed E-state index contributed by atoms with van der Waals surface area (Å²) in [7, 11) is 1.62. The van der Waals surface area contributed by atoms with E-state index >= 15 is 0 Å². The first-order valence-electron chi connectivity index (χ1n) is 11.0. The topological polar surface area (TPSA) is 62.4 Å². The summed E-state index contributed by atoms with van der Waals surface area (Å²) in [6.07, 6.45) is 0. The SMILES string of the molecule is COc1ccc(CN(Cc2cc3cc(C)cc(C)c3[nH]c2=O)C(=O)c2cccc(C)c2)cc1. The van der Waals surface area contributed by atoms with E-state index in [2.05, 4.69) is 17.1 Å². The van der Waals surface area contributed by atoms with E-state index in [1.165, 1.54) is 0 Å². The normalized spacial score (nSPS) is 10.9. The maximum atomic E-state index is 13.5. The number of hydrogen-bond acceptors (Lipinski definition) is 3. The lowest BCUT2D eigenvalue weighted by Crippen LogP contribution is -2.32. The predicted molar refractivity (Wildman–Crippen MR) is 132 cm³/mol. The molecule has 0 saturated carbocycles. The summed E-state index contributed by atoms with van der Waals surface area (Å²) in [6.45, 7) is 6.57. The third-order valence-electron chi connectivity index (χ3n) is 5.82. The highest BCUT2D eigenvalue weighted by Crippen LogP contribution is 2.21. The molecule has 1 aromatic heterocycles. The highest BCUT2D eigenvalue weighted by Gasteiger charge is 2.19. The van der Waals surface area contributed by atoms with Crippen molar-refractivity contribution < 1.29 is 9.53 Å². The maximum absolute atomic E-state index is 13.5. The number of nitrogens with one attached hydrogen (secondary N) is 1. The number of aryl methyl sites for hydroxylation is 3. The number of fused-ring (bicyclic) bond motifs is 1. The van der Waals surface area contributed by atoms with Crippen LogP contribution in [0.25, 0.3) is 10.9 Å². The molecule has 0 unspecified atom stereocenters. The van der Waals surface area contributed by atoms with E-state index in [-0.39, 0.29) is 18.0 Å². The highest BCUT2D eigenvalue weighted by molar-refractivity contribution is 5.94. The van der Waals surface area contributed by atoms with Crippen molar-refractivity contribution >= 4 is 16.8 Å². The summed E-state index contributed by atoms with van der Waals surface area (Å²) in [6, 6.07) is 21.2. The van der Waals surface area contributed by atoms with Crippen molar-refractivity contribution in [3.8, 4) is 5.75 Å². The molecule has 0 aliphatic heterocycles. The third kappa shape index (κ3) is 4.98. The zero-order valence-electron chi connectivity index (χ0n) is 19.4. The number of methoxy groups -OCH3 is 1. The first kappa shape index (κ1) is 22.3. The molecule has 0 spiro atoms. The highest BCUT2D eigenvalue weighted by atomic mass is 16.5. The van der Waals surface area contributed by atoms with Crippen LogP contribution in [-0.2, 0) is 13.1 Å². The van der Waals surface area contributed by atoms with Gasteiger partial charge in [0.05, 0.1) is 19.2 Å². The summed E-state index contributed by atoms with van der Waals surface area (Å²) >= 11 is 0. The average molecular weight is 441 g/mol. The van der Waals surface area contributed by atoms with Gasteiger partial charge in [0, 0.05) is 17.7 Å². The van der Waals surface area contributed by atoms with Crippen LogP contribution < -0.4 is 10.3 Å². The number of aromatic nitrogens is 1. The number of aromatic amines is 1. The number of hydrogen-bond donors (Lipinski definition) is 1. The Kier molecular flexibility index (Phi) is 6.31. The van der Waals surface area contributed by atoms with Crippen LogP contribution in [0.3, 0.4) is 0 Å². The van der Waals surface area contributed by atoms with Crippen LogP contribution in [0.15, 0.2) is 71.5 Å². The van der Waals surface area contributed by atoms with E-state index in [9.17, 15) is 9.59 Å². The standard InChI is InChI=1S/C28H28N2O3/c1-18-6-5-7-22(13-18)28(32)30(16-21-8-10-25(33-4)11-9-21)17-24-15-23-14-19(2)12-20(3)26(23)29-27(24)31/h5-15H,16-17H2,1-4H3,(H,29,31). The maximum Gasteiger partial charge on any atom is 0.254 e. The Bertz CT molecular complexity index is 1370. The molecule has 1 amide bonds. The van der Waals surface area contributed by atoms with Crippen LogP contribution in [0.4, 0.5) is 0 Å². The van der Waals surface area contributed by atoms with E-state index in [1.807, 2.05) is 75.4 Å². The molecule has 0 radical (unpaired) electrons. The van der Waals surface area contributed by atoms with Gasteiger partial charge in [-0.25, -0.2) is 0 Å².